The average Bonchev–Trinajstić information content (AvgIpc) is 2.06. The van der Waals surface area contributed by atoms with Gasteiger partial charge in [-0.25, -0.2) is 0 Å². The van der Waals surface area contributed by atoms with Gasteiger partial charge in [0.25, 0.3) is 0 Å². The first-order chi connectivity index (χ1) is 4.83. The monoisotopic (exact) mass is 141 g/mol. The molecule has 56 valence electrons. The molecule has 1 saturated heterocycles. The van der Waals surface area contributed by atoms with Gasteiger partial charge in [-0.3, -0.25) is 0 Å². The maximum Gasteiger partial charge on any atom is 0.133 e. The van der Waals surface area contributed by atoms with Crippen molar-refractivity contribution in [3.05, 3.63) is 0 Å². The summed E-state index contributed by atoms with van der Waals surface area (Å²) >= 11 is 0. The average molecular weight is 141 g/mol. The van der Waals surface area contributed by atoms with Gasteiger partial charge in [0.2, 0.25) is 0 Å². The van der Waals surface area contributed by atoms with Crippen molar-refractivity contribution in [1.82, 2.24) is 5.32 Å². The SMILES string of the molecule is O=CC1(C=O)CCNCC1. The zero-order valence-electron chi connectivity index (χ0n) is 5.80. The number of hydrogen-bond acceptors (Lipinski definition) is 3. The van der Waals surface area contributed by atoms with Crippen LogP contribution in [0.4, 0.5) is 0 Å². The summed E-state index contributed by atoms with van der Waals surface area (Å²) in [7, 11) is 0. The highest BCUT2D eigenvalue weighted by molar-refractivity contribution is 5.83. The number of piperidine rings is 1. The van der Waals surface area contributed by atoms with Crippen molar-refractivity contribution >= 4 is 12.6 Å². The van der Waals surface area contributed by atoms with Crippen LogP contribution in [-0.4, -0.2) is 25.7 Å². The molecule has 3 heteroatoms. The molecule has 3 nitrogen and oxygen atoms in total. The molecule has 0 saturated carbocycles. The standard InChI is InChI=1S/C7H11NO2/c9-5-7(6-10)1-3-8-4-2-7/h5-6,8H,1-4H2. The molecule has 0 radical (unpaired) electrons. The highest BCUT2D eigenvalue weighted by atomic mass is 16.1. The molecule has 1 N–H and O–H groups in total. The van der Waals surface area contributed by atoms with Crippen LogP contribution in [0, 0.1) is 5.41 Å². The van der Waals surface area contributed by atoms with E-state index in [1.165, 1.54) is 0 Å². The van der Waals surface area contributed by atoms with Crippen LogP contribution in [0.1, 0.15) is 12.8 Å². The van der Waals surface area contributed by atoms with Crippen LogP contribution in [-0.2, 0) is 9.59 Å². The van der Waals surface area contributed by atoms with E-state index in [-0.39, 0.29) is 0 Å². The fourth-order valence-electron chi connectivity index (χ4n) is 1.16. The minimum absolute atomic E-state index is 0.653. The van der Waals surface area contributed by atoms with Crippen LogP contribution in [0.5, 0.6) is 0 Å². The summed E-state index contributed by atoms with van der Waals surface area (Å²) in [5, 5.41) is 3.09. The second-order valence-corrected chi connectivity index (χ2v) is 2.72. The maximum atomic E-state index is 10.5. The fourth-order valence-corrected chi connectivity index (χ4v) is 1.16. The zero-order chi connectivity index (χ0) is 7.45. The van der Waals surface area contributed by atoms with E-state index in [0.29, 0.717) is 12.8 Å². The Balaban J connectivity index is 2.60. The molecule has 0 aliphatic carbocycles. The van der Waals surface area contributed by atoms with Crippen LogP contribution < -0.4 is 5.32 Å². The van der Waals surface area contributed by atoms with E-state index in [9.17, 15) is 9.59 Å². The molecule has 1 aliphatic heterocycles. The van der Waals surface area contributed by atoms with Crippen molar-refractivity contribution in [3.8, 4) is 0 Å². The largest absolute Gasteiger partial charge is 0.317 e. The molecule has 0 aromatic rings. The molecule has 0 amide bonds. The first kappa shape index (κ1) is 7.41. The van der Waals surface area contributed by atoms with Crippen molar-refractivity contribution in [2.24, 2.45) is 5.41 Å². The Morgan fingerprint density at radius 2 is 1.60 bits per heavy atom. The molecular weight excluding hydrogens is 130 g/mol. The van der Waals surface area contributed by atoms with Gasteiger partial charge in [-0.15, -0.1) is 0 Å². The van der Waals surface area contributed by atoms with Gasteiger partial charge < -0.3 is 14.9 Å². The molecule has 0 atom stereocenters. The minimum atomic E-state index is -0.661. The second kappa shape index (κ2) is 2.92. The number of carbonyl (C=O) groups excluding carboxylic acids is 2. The predicted molar refractivity (Wildman–Crippen MR) is 36.7 cm³/mol. The molecule has 10 heavy (non-hydrogen) atoms. The van der Waals surface area contributed by atoms with Crippen LogP contribution in [0.2, 0.25) is 0 Å². The Bertz CT molecular complexity index is 129. The molecule has 0 aromatic heterocycles. The summed E-state index contributed by atoms with van der Waals surface area (Å²) in [6.45, 7) is 1.55. The number of rotatable bonds is 2. The van der Waals surface area contributed by atoms with Crippen LogP contribution >= 0.6 is 0 Å². The lowest BCUT2D eigenvalue weighted by Crippen LogP contribution is -2.38. The Hall–Kier alpha value is -0.700. The van der Waals surface area contributed by atoms with E-state index in [1.54, 1.807) is 0 Å². The lowest BCUT2D eigenvalue weighted by Gasteiger charge is -2.26. The van der Waals surface area contributed by atoms with Crippen molar-refractivity contribution in [3.63, 3.8) is 0 Å². The van der Waals surface area contributed by atoms with Crippen LogP contribution in [0.15, 0.2) is 0 Å². The second-order valence-electron chi connectivity index (χ2n) is 2.72. The minimum Gasteiger partial charge on any atom is -0.317 e. The van der Waals surface area contributed by atoms with Crippen molar-refractivity contribution in [2.45, 2.75) is 12.8 Å². The predicted octanol–water partition coefficient (Wildman–Crippen LogP) is -0.246. The van der Waals surface area contributed by atoms with Gasteiger partial charge in [0.15, 0.2) is 0 Å². The summed E-state index contributed by atoms with van der Waals surface area (Å²) in [4.78, 5) is 20.9. The van der Waals surface area contributed by atoms with E-state index in [4.69, 9.17) is 0 Å². The molecule has 0 spiro atoms. The normalized spacial score (nSPS) is 23.6. The molecule has 0 unspecified atom stereocenters. The van der Waals surface area contributed by atoms with Gasteiger partial charge >= 0.3 is 0 Å². The number of nitrogens with one attached hydrogen (secondary N) is 1. The lowest BCUT2D eigenvalue weighted by atomic mass is 9.82. The van der Waals surface area contributed by atoms with Crippen LogP contribution in [0.3, 0.4) is 0 Å². The smallest absolute Gasteiger partial charge is 0.133 e. The molecular formula is C7H11NO2. The first-order valence-electron chi connectivity index (χ1n) is 3.46. The highest BCUT2D eigenvalue weighted by Gasteiger charge is 2.30. The Labute approximate surface area is 59.8 Å². The molecule has 0 aromatic carbocycles. The van der Waals surface area contributed by atoms with E-state index >= 15 is 0 Å². The maximum absolute atomic E-state index is 10.5. The van der Waals surface area contributed by atoms with Gasteiger partial charge in [-0.2, -0.15) is 0 Å². The third-order valence-corrected chi connectivity index (χ3v) is 2.00. The highest BCUT2D eigenvalue weighted by Crippen LogP contribution is 2.22. The zero-order valence-corrected chi connectivity index (χ0v) is 5.80. The topological polar surface area (TPSA) is 46.2 Å². The third kappa shape index (κ3) is 1.24. The number of hydrogen-bond donors (Lipinski definition) is 1. The van der Waals surface area contributed by atoms with E-state index in [2.05, 4.69) is 5.32 Å². The summed E-state index contributed by atoms with van der Waals surface area (Å²) in [6.07, 6.45) is 2.86. The van der Waals surface area contributed by atoms with Gasteiger partial charge in [0, 0.05) is 0 Å². The summed E-state index contributed by atoms with van der Waals surface area (Å²) in [5.74, 6) is 0. The molecule has 1 rings (SSSR count). The van der Waals surface area contributed by atoms with Crippen molar-refractivity contribution in [2.75, 3.05) is 13.1 Å². The Morgan fingerprint density at radius 3 is 1.90 bits per heavy atom. The molecule has 1 fully saturated rings. The van der Waals surface area contributed by atoms with Gasteiger partial charge in [-0.05, 0) is 25.9 Å². The Morgan fingerprint density at radius 1 is 1.10 bits per heavy atom. The molecule has 1 aliphatic rings. The lowest BCUT2D eigenvalue weighted by molar-refractivity contribution is -0.127. The Kier molecular flexibility index (Phi) is 2.17. The van der Waals surface area contributed by atoms with Crippen molar-refractivity contribution < 1.29 is 9.59 Å². The van der Waals surface area contributed by atoms with Gasteiger partial charge in [0.1, 0.15) is 12.6 Å². The third-order valence-electron chi connectivity index (χ3n) is 2.00. The van der Waals surface area contributed by atoms with Gasteiger partial charge in [0.05, 0.1) is 5.41 Å². The van der Waals surface area contributed by atoms with Crippen molar-refractivity contribution in [1.29, 1.82) is 0 Å². The number of carbonyl (C=O) groups is 2. The number of aldehydes is 2. The van der Waals surface area contributed by atoms with E-state index in [1.807, 2.05) is 0 Å². The molecule has 1 heterocycles. The fraction of sp³-hybridized carbons (Fsp3) is 0.714. The van der Waals surface area contributed by atoms with E-state index < -0.39 is 5.41 Å². The summed E-state index contributed by atoms with van der Waals surface area (Å²) in [6, 6.07) is 0. The molecule has 0 bridgehead atoms. The summed E-state index contributed by atoms with van der Waals surface area (Å²) in [5.41, 5.74) is -0.661. The van der Waals surface area contributed by atoms with E-state index in [0.717, 1.165) is 25.7 Å². The van der Waals surface area contributed by atoms with Gasteiger partial charge in [-0.1, -0.05) is 0 Å². The quantitative estimate of drug-likeness (QED) is 0.426. The summed E-state index contributed by atoms with van der Waals surface area (Å²) < 4.78 is 0. The first-order valence-corrected chi connectivity index (χ1v) is 3.46. The van der Waals surface area contributed by atoms with Crippen LogP contribution in [0.25, 0.3) is 0 Å².